The molecule has 2 saturated heterocycles. The van der Waals surface area contributed by atoms with Gasteiger partial charge in [0.1, 0.15) is 0 Å². The predicted octanol–water partition coefficient (Wildman–Crippen LogP) is 0.237. The van der Waals surface area contributed by atoms with Crippen LogP contribution in [0.2, 0.25) is 0 Å². The zero-order valence-corrected chi connectivity index (χ0v) is 8.80. The maximum absolute atomic E-state index is 11.7. The first-order valence-corrected chi connectivity index (χ1v) is 5.30. The van der Waals surface area contributed by atoms with Crippen LogP contribution in [0.15, 0.2) is 0 Å². The van der Waals surface area contributed by atoms with Crippen LogP contribution in [0.1, 0.15) is 26.7 Å². The summed E-state index contributed by atoms with van der Waals surface area (Å²) in [6.07, 6.45) is 1.75. The van der Waals surface area contributed by atoms with E-state index in [4.69, 9.17) is 4.74 Å². The molecule has 1 unspecified atom stereocenters. The van der Waals surface area contributed by atoms with E-state index in [1.54, 1.807) is 0 Å². The number of carbonyl (C=O) groups excluding carboxylic acids is 1. The molecule has 2 aliphatic heterocycles. The second-order valence-electron chi connectivity index (χ2n) is 4.55. The van der Waals surface area contributed by atoms with E-state index in [0.29, 0.717) is 5.92 Å². The van der Waals surface area contributed by atoms with Crippen molar-refractivity contribution < 1.29 is 9.53 Å². The Balaban J connectivity index is 2.07. The van der Waals surface area contributed by atoms with Gasteiger partial charge < -0.3 is 10.1 Å². The van der Waals surface area contributed by atoms with Crippen LogP contribution in [0.5, 0.6) is 0 Å². The van der Waals surface area contributed by atoms with E-state index in [0.717, 1.165) is 26.1 Å². The van der Waals surface area contributed by atoms with Crippen LogP contribution in [0.4, 0.5) is 0 Å². The number of ether oxygens (including phenoxy) is 1. The Bertz CT molecular complexity index is 234. The Labute approximate surface area is 84.4 Å². The van der Waals surface area contributed by atoms with Crippen molar-refractivity contribution in [1.82, 2.24) is 10.6 Å². The molecule has 0 aromatic rings. The average Bonchev–Trinajstić information content (AvgIpc) is 2.44. The van der Waals surface area contributed by atoms with Gasteiger partial charge in [-0.25, -0.2) is 0 Å². The molecule has 0 aromatic heterocycles. The molecular weight excluding hydrogens is 180 g/mol. The number of hydrogen-bond acceptors (Lipinski definition) is 3. The molecule has 4 nitrogen and oxygen atoms in total. The Morgan fingerprint density at radius 2 is 2.07 bits per heavy atom. The van der Waals surface area contributed by atoms with E-state index in [1.807, 2.05) is 0 Å². The van der Waals surface area contributed by atoms with E-state index in [2.05, 4.69) is 24.5 Å². The molecule has 1 spiro atoms. The van der Waals surface area contributed by atoms with Gasteiger partial charge in [-0.1, -0.05) is 13.8 Å². The number of rotatable bonds is 1. The molecule has 0 saturated carbocycles. The van der Waals surface area contributed by atoms with Crippen LogP contribution in [0, 0.1) is 5.92 Å². The lowest BCUT2D eigenvalue weighted by atomic mass is 10.0. The summed E-state index contributed by atoms with van der Waals surface area (Å²) in [4.78, 5) is 11.7. The minimum Gasteiger partial charge on any atom is -0.381 e. The zero-order valence-electron chi connectivity index (χ0n) is 8.80. The third kappa shape index (κ3) is 1.64. The highest BCUT2D eigenvalue weighted by Crippen LogP contribution is 2.24. The molecule has 4 heteroatoms. The van der Waals surface area contributed by atoms with E-state index < -0.39 is 0 Å². The molecular formula is C10H18N2O2. The van der Waals surface area contributed by atoms with E-state index >= 15 is 0 Å². The van der Waals surface area contributed by atoms with Gasteiger partial charge in [-0.05, 0) is 5.92 Å². The van der Waals surface area contributed by atoms with Crippen molar-refractivity contribution in [3.63, 3.8) is 0 Å². The van der Waals surface area contributed by atoms with Gasteiger partial charge in [-0.2, -0.15) is 0 Å². The smallest absolute Gasteiger partial charge is 0.238 e. The van der Waals surface area contributed by atoms with Crippen LogP contribution in [-0.4, -0.2) is 30.8 Å². The van der Waals surface area contributed by atoms with Crippen molar-refractivity contribution in [2.45, 2.75) is 38.4 Å². The molecule has 1 amide bonds. The molecule has 2 fully saturated rings. The van der Waals surface area contributed by atoms with Gasteiger partial charge in [0.05, 0.1) is 24.9 Å². The Morgan fingerprint density at radius 1 is 1.43 bits per heavy atom. The minimum absolute atomic E-state index is 0.0342. The highest BCUT2D eigenvalue weighted by molar-refractivity contribution is 5.85. The fourth-order valence-corrected chi connectivity index (χ4v) is 2.17. The fraction of sp³-hybridized carbons (Fsp3) is 0.900. The Morgan fingerprint density at radius 3 is 2.57 bits per heavy atom. The van der Waals surface area contributed by atoms with E-state index in [9.17, 15) is 4.79 Å². The predicted molar refractivity (Wildman–Crippen MR) is 52.7 cm³/mol. The summed E-state index contributed by atoms with van der Waals surface area (Å²) in [5.41, 5.74) is -0.176. The fourth-order valence-electron chi connectivity index (χ4n) is 2.17. The quantitative estimate of drug-likeness (QED) is 0.634. The highest BCUT2D eigenvalue weighted by atomic mass is 16.5. The van der Waals surface area contributed by atoms with Gasteiger partial charge in [0.15, 0.2) is 0 Å². The first kappa shape index (κ1) is 9.93. The van der Waals surface area contributed by atoms with Gasteiger partial charge in [-0.15, -0.1) is 0 Å². The van der Waals surface area contributed by atoms with Crippen LogP contribution in [0.25, 0.3) is 0 Å². The molecule has 1 atom stereocenters. The number of carbonyl (C=O) groups is 1. The van der Waals surface area contributed by atoms with Gasteiger partial charge in [-0.3, -0.25) is 10.1 Å². The third-order valence-electron chi connectivity index (χ3n) is 3.09. The zero-order chi connectivity index (χ0) is 10.2. The van der Waals surface area contributed by atoms with Crippen LogP contribution in [-0.2, 0) is 9.53 Å². The summed E-state index contributed by atoms with van der Waals surface area (Å²) in [5.74, 6) is 0.485. The highest BCUT2D eigenvalue weighted by Gasteiger charge is 2.45. The molecule has 0 aromatic carbocycles. The van der Waals surface area contributed by atoms with Crippen molar-refractivity contribution >= 4 is 5.91 Å². The van der Waals surface area contributed by atoms with Crippen LogP contribution >= 0.6 is 0 Å². The van der Waals surface area contributed by atoms with Gasteiger partial charge >= 0.3 is 0 Å². The van der Waals surface area contributed by atoms with Crippen molar-refractivity contribution in [3.05, 3.63) is 0 Å². The lowest BCUT2D eigenvalue weighted by molar-refractivity contribution is -0.122. The van der Waals surface area contributed by atoms with Gasteiger partial charge in [0, 0.05) is 12.8 Å². The van der Waals surface area contributed by atoms with Crippen molar-refractivity contribution in [2.24, 2.45) is 5.92 Å². The normalized spacial score (nSPS) is 31.1. The third-order valence-corrected chi connectivity index (χ3v) is 3.09. The summed E-state index contributed by atoms with van der Waals surface area (Å²) < 4.78 is 5.30. The summed E-state index contributed by atoms with van der Waals surface area (Å²) in [5, 5.41) is 6.49. The van der Waals surface area contributed by atoms with E-state index in [1.165, 1.54) is 0 Å². The molecule has 2 rings (SSSR count). The van der Waals surface area contributed by atoms with Crippen LogP contribution in [0.3, 0.4) is 0 Å². The number of hydrogen-bond donors (Lipinski definition) is 2. The van der Waals surface area contributed by atoms with Crippen molar-refractivity contribution in [3.8, 4) is 0 Å². The monoisotopic (exact) mass is 198 g/mol. The maximum atomic E-state index is 11.7. The topological polar surface area (TPSA) is 50.4 Å². The molecule has 80 valence electrons. The molecule has 0 aliphatic carbocycles. The summed E-state index contributed by atoms with van der Waals surface area (Å²) in [6.45, 7) is 5.60. The standard InChI is InChI=1S/C10H18N2O2/c1-7(2)8-9(13)12-10(11-8)3-5-14-6-4-10/h7-8,11H,3-6H2,1-2H3,(H,12,13). The van der Waals surface area contributed by atoms with Gasteiger partial charge in [0.2, 0.25) is 5.91 Å². The summed E-state index contributed by atoms with van der Waals surface area (Å²) in [6, 6.07) is -0.0342. The molecule has 0 bridgehead atoms. The first-order chi connectivity index (χ1) is 6.63. The maximum Gasteiger partial charge on any atom is 0.238 e. The summed E-state index contributed by atoms with van der Waals surface area (Å²) >= 11 is 0. The van der Waals surface area contributed by atoms with Gasteiger partial charge in [0.25, 0.3) is 0 Å². The molecule has 14 heavy (non-hydrogen) atoms. The second-order valence-corrected chi connectivity index (χ2v) is 4.55. The Hall–Kier alpha value is -0.610. The number of nitrogens with one attached hydrogen (secondary N) is 2. The molecule has 0 radical (unpaired) electrons. The minimum atomic E-state index is -0.176. The Kier molecular flexibility index (Phi) is 2.49. The lowest BCUT2D eigenvalue weighted by Crippen LogP contribution is -2.54. The SMILES string of the molecule is CC(C)C1NC2(CCOCC2)NC1=O. The average molecular weight is 198 g/mol. The van der Waals surface area contributed by atoms with E-state index in [-0.39, 0.29) is 17.6 Å². The largest absolute Gasteiger partial charge is 0.381 e. The second kappa shape index (κ2) is 3.51. The molecule has 2 N–H and O–H groups in total. The van der Waals surface area contributed by atoms with Crippen molar-refractivity contribution in [1.29, 1.82) is 0 Å². The number of amides is 1. The molecule has 2 aliphatic rings. The lowest BCUT2D eigenvalue weighted by Gasteiger charge is -2.33. The summed E-state index contributed by atoms with van der Waals surface area (Å²) in [7, 11) is 0. The first-order valence-electron chi connectivity index (χ1n) is 5.30. The van der Waals surface area contributed by atoms with Crippen LogP contribution < -0.4 is 10.6 Å². The molecule has 2 heterocycles. The van der Waals surface area contributed by atoms with Crippen molar-refractivity contribution in [2.75, 3.05) is 13.2 Å².